The number of Topliss-reactive ketones (excluding diaryl/α,β-unsaturated/α-hetero) is 1. The fraction of sp³-hybridized carbons (Fsp3) is 0.429. The van der Waals surface area contributed by atoms with Gasteiger partial charge in [-0.15, -0.1) is 11.3 Å². The van der Waals surface area contributed by atoms with Crippen LogP contribution < -0.4 is 5.32 Å². The summed E-state index contributed by atoms with van der Waals surface area (Å²) in [5.74, 6) is -2.25. The second-order valence-corrected chi connectivity index (χ2v) is 8.22. The minimum absolute atomic E-state index is 0.0363. The normalized spacial score (nSPS) is 14.7. The highest BCUT2D eigenvalue weighted by Gasteiger charge is 2.28. The lowest BCUT2D eigenvalue weighted by Gasteiger charge is -2.20. The van der Waals surface area contributed by atoms with E-state index in [1.165, 1.54) is 17.5 Å². The first-order valence-electron chi connectivity index (χ1n) is 10.1. The van der Waals surface area contributed by atoms with Gasteiger partial charge in [0.25, 0.3) is 11.5 Å². The zero-order valence-electron chi connectivity index (χ0n) is 17.0. The van der Waals surface area contributed by atoms with Crippen molar-refractivity contribution in [2.75, 3.05) is 11.9 Å². The molecule has 10 heteroatoms. The molecule has 1 N–H and O–H groups in total. The van der Waals surface area contributed by atoms with Gasteiger partial charge in [0.15, 0.2) is 5.13 Å². The summed E-state index contributed by atoms with van der Waals surface area (Å²) in [4.78, 5) is 51.2. The number of thiazole rings is 1. The highest BCUT2D eigenvalue weighted by atomic mass is 32.1. The average Bonchev–Trinajstić information content (AvgIpc) is 3.43. The second kappa shape index (κ2) is 10.3. The number of nitrogens with one attached hydrogen (secondary N) is 1. The van der Waals surface area contributed by atoms with Crippen molar-refractivity contribution < 1.29 is 24.0 Å². The largest absolute Gasteiger partial charge is 0.460 e. The Morgan fingerprint density at radius 2 is 1.94 bits per heavy atom. The number of anilines is 1. The van der Waals surface area contributed by atoms with Crippen molar-refractivity contribution >= 4 is 39.8 Å². The molecule has 0 spiro atoms. The summed E-state index contributed by atoms with van der Waals surface area (Å²) in [5.41, 5.74) is 0.571. The number of nitro groups is 1. The van der Waals surface area contributed by atoms with Gasteiger partial charge in [0.2, 0.25) is 5.91 Å². The number of rotatable bonds is 9. The van der Waals surface area contributed by atoms with E-state index in [2.05, 4.69) is 15.0 Å². The Labute approximate surface area is 183 Å². The van der Waals surface area contributed by atoms with Crippen LogP contribution in [-0.2, 0) is 14.3 Å². The highest BCUT2D eigenvalue weighted by molar-refractivity contribution is 7.14. The van der Waals surface area contributed by atoms with Crippen molar-refractivity contribution in [1.82, 2.24) is 4.98 Å². The molecule has 9 nitrogen and oxygen atoms in total. The van der Waals surface area contributed by atoms with E-state index in [1.54, 1.807) is 19.1 Å². The molecule has 1 heterocycles. The van der Waals surface area contributed by atoms with Crippen LogP contribution in [0.3, 0.4) is 0 Å². The van der Waals surface area contributed by atoms with Crippen LogP contribution in [0.1, 0.15) is 61.0 Å². The summed E-state index contributed by atoms with van der Waals surface area (Å²) in [6.45, 7) is 1.68. The Kier molecular flexibility index (Phi) is 7.45. The van der Waals surface area contributed by atoms with E-state index in [0.29, 0.717) is 17.9 Å². The van der Waals surface area contributed by atoms with Gasteiger partial charge in [-0.1, -0.05) is 37.8 Å². The van der Waals surface area contributed by atoms with Crippen molar-refractivity contribution in [3.8, 4) is 0 Å². The van der Waals surface area contributed by atoms with Gasteiger partial charge in [-0.3, -0.25) is 19.7 Å². The molecule has 1 aromatic heterocycles. The number of non-ortho nitro benzene ring substituents is 1. The van der Waals surface area contributed by atoms with Gasteiger partial charge in [0.05, 0.1) is 17.4 Å². The van der Waals surface area contributed by atoms with Crippen LogP contribution in [0.15, 0.2) is 29.6 Å². The standard InChI is InChI=1S/C21H23N3O6S/c1-2-30-20(27)18(25)17-12-31-21(22-17)23-19(26)16(11-13-5-3-4-6-13)14-7-9-15(10-8-14)24(28)29/h7-10,12-13,16H,2-6,11H2,1H3,(H,22,23,26). The number of nitrogens with zero attached hydrogens (tertiary/aromatic N) is 2. The highest BCUT2D eigenvalue weighted by Crippen LogP contribution is 2.35. The molecule has 1 aliphatic rings. The molecular formula is C21H23N3O6S. The maximum Gasteiger partial charge on any atom is 0.381 e. The number of carbonyl (C=O) groups is 3. The van der Waals surface area contributed by atoms with Crippen LogP contribution in [0, 0.1) is 16.0 Å². The zero-order valence-corrected chi connectivity index (χ0v) is 17.9. The molecule has 0 bridgehead atoms. The predicted molar refractivity (Wildman–Crippen MR) is 114 cm³/mol. The van der Waals surface area contributed by atoms with Gasteiger partial charge in [0.1, 0.15) is 5.69 Å². The van der Waals surface area contributed by atoms with Gasteiger partial charge < -0.3 is 10.1 Å². The Morgan fingerprint density at radius 1 is 1.26 bits per heavy atom. The number of ketones is 1. The van der Waals surface area contributed by atoms with Gasteiger partial charge in [-0.2, -0.15) is 0 Å². The van der Waals surface area contributed by atoms with Crippen LogP contribution in [0.4, 0.5) is 10.8 Å². The van der Waals surface area contributed by atoms with Gasteiger partial charge in [-0.25, -0.2) is 9.78 Å². The maximum atomic E-state index is 13.1. The van der Waals surface area contributed by atoms with Crippen LogP contribution in [0.5, 0.6) is 0 Å². The summed E-state index contributed by atoms with van der Waals surface area (Å²) in [7, 11) is 0. The van der Waals surface area contributed by atoms with E-state index in [1.807, 2.05) is 0 Å². The van der Waals surface area contributed by atoms with Crippen LogP contribution >= 0.6 is 11.3 Å². The lowest BCUT2D eigenvalue weighted by molar-refractivity contribution is -0.384. The Morgan fingerprint density at radius 3 is 2.55 bits per heavy atom. The van der Waals surface area contributed by atoms with Crippen molar-refractivity contribution in [3.05, 3.63) is 51.0 Å². The van der Waals surface area contributed by atoms with Gasteiger partial charge in [-0.05, 0) is 24.8 Å². The summed E-state index contributed by atoms with van der Waals surface area (Å²) < 4.78 is 4.69. The number of amides is 1. The average molecular weight is 445 g/mol. The molecule has 2 aromatic rings. The maximum absolute atomic E-state index is 13.1. The van der Waals surface area contributed by atoms with Crippen molar-refractivity contribution in [2.24, 2.45) is 5.92 Å². The Hall–Kier alpha value is -3.14. The minimum atomic E-state index is -0.990. The number of hydrogen-bond donors (Lipinski definition) is 1. The monoisotopic (exact) mass is 445 g/mol. The van der Waals surface area contributed by atoms with E-state index >= 15 is 0 Å². The van der Waals surface area contributed by atoms with Crippen molar-refractivity contribution in [1.29, 1.82) is 0 Å². The fourth-order valence-electron chi connectivity index (χ4n) is 3.73. The lowest BCUT2D eigenvalue weighted by atomic mass is 9.87. The summed E-state index contributed by atoms with van der Waals surface area (Å²) in [6.07, 6.45) is 4.98. The number of carbonyl (C=O) groups excluding carboxylic acids is 3. The van der Waals surface area contributed by atoms with Crippen molar-refractivity contribution in [3.63, 3.8) is 0 Å². The van der Waals surface area contributed by atoms with Crippen LogP contribution in [0.2, 0.25) is 0 Å². The molecule has 1 fully saturated rings. The predicted octanol–water partition coefficient (Wildman–Crippen LogP) is 4.10. The fourth-order valence-corrected chi connectivity index (χ4v) is 4.42. The lowest BCUT2D eigenvalue weighted by Crippen LogP contribution is -2.23. The third kappa shape index (κ3) is 5.72. The SMILES string of the molecule is CCOC(=O)C(=O)c1csc(NC(=O)C(CC2CCCC2)c2ccc([N+](=O)[O-])cc2)n1. The third-order valence-corrected chi connectivity index (χ3v) is 6.05. The first kappa shape index (κ1) is 22.5. The minimum Gasteiger partial charge on any atom is -0.460 e. The second-order valence-electron chi connectivity index (χ2n) is 7.36. The number of nitro benzene ring substituents is 1. The molecule has 1 atom stereocenters. The third-order valence-electron chi connectivity index (χ3n) is 5.29. The first-order valence-corrected chi connectivity index (χ1v) is 11.0. The van der Waals surface area contributed by atoms with Crippen LogP contribution in [-0.4, -0.2) is 34.2 Å². The number of esters is 1. The van der Waals surface area contributed by atoms with E-state index in [4.69, 9.17) is 0 Å². The molecule has 31 heavy (non-hydrogen) atoms. The quantitative estimate of drug-likeness (QED) is 0.202. The van der Waals surface area contributed by atoms with Gasteiger partial charge in [0, 0.05) is 17.5 Å². The molecule has 1 aliphatic carbocycles. The molecule has 0 radical (unpaired) electrons. The number of ether oxygens (including phenoxy) is 1. The van der Waals surface area contributed by atoms with E-state index in [-0.39, 0.29) is 29.0 Å². The van der Waals surface area contributed by atoms with Crippen LogP contribution in [0.25, 0.3) is 0 Å². The Balaban J connectivity index is 1.76. The van der Waals surface area contributed by atoms with Crippen molar-refractivity contribution in [2.45, 2.75) is 44.9 Å². The summed E-state index contributed by atoms with van der Waals surface area (Å²) in [5, 5.41) is 15.3. The molecule has 1 unspecified atom stereocenters. The molecule has 164 valence electrons. The number of aromatic nitrogens is 1. The molecular weight excluding hydrogens is 422 g/mol. The summed E-state index contributed by atoms with van der Waals surface area (Å²) >= 11 is 1.04. The first-order chi connectivity index (χ1) is 14.9. The molecule has 1 saturated carbocycles. The molecule has 0 saturated heterocycles. The molecule has 3 rings (SSSR count). The smallest absolute Gasteiger partial charge is 0.381 e. The summed E-state index contributed by atoms with van der Waals surface area (Å²) in [6, 6.07) is 6.00. The number of benzene rings is 1. The molecule has 1 aromatic carbocycles. The number of hydrogen-bond acceptors (Lipinski definition) is 8. The molecule has 0 aliphatic heterocycles. The van der Waals surface area contributed by atoms with E-state index < -0.39 is 22.6 Å². The van der Waals surface area contributed by atoms with E-state index in [0.717, 1.165) is 37.0 Å². The Bertz CT molecular complexity index is 966. The molecule has 1 amide bonds. The zero-order chi connectivity index (χ0) is 22.4. The van der Waals surface area contributed by atoms with E-state index in [9.17, 15) is 24.5 Å². The van der Waals surface area contributed by atoms with Gasteiger partial charge >= 0.3 is 5.97 Å². The topological polar surface area (TPSA) is 128 Å².